The van der Waals surface area contributed by atoms with E-state index in [2.05, 4.69) is 10.3 Å². The van der Waals surface area contributed by atoms with Gasteiger partial charge >= 0.3 is 5.97 Å². The van der Waals surface area contributed by atoms with Crippen molar-refractivity contribution >= 4 is 28.5 Å². The lowest BCUT2D eigenvalue weighted by Crippen LogP contribution is -2.30. The minimum atomic E-state index is -1.07. The van der Waals surface area contributed by atoms with Crippen molar-refractivity contribution in [1.29, 1.82) is 0 Å². The number of nitrogens with one attached hydrogen (secondary N) is 1. The third-order valence-electron chi connectivity index (χ3n) is 5.37. The van der Waals surface area contributed by atoms with Gasteiger partial charge in [-0.25, -0.2) is 14.2 Å². The highest BCUT2D eigenvalue weighted by Gasteiger charge is 2.23. The molecule has 7 nitrogen and oxygen atoms in total. The zero-order chi connectivity index (χ0) is 23.7. The predicted molar refractivity (Wildman–Crippen MR) is 123 cm³/mol. The summed E-state index contributed by atoms with van der Waals surface area (Å²) in [5, 5.41) is 3.29. The van der Waals surface area contributed by atoms with Crippen molar-refractivity contribution in [3.8, 4) is 22.8 Å². The molecule has 1 unspecified atom stereocenters. The molecule has 0 aliphatic carbocycles. The number of hydrogen-bond acceptors (Lipinski definition) is 6. The van der Waals surface area contributed by atoms with Crippen molar-refractivity contribution in [3.05, 3.63) is 84.2 Å². The second-order valence-electron chi connectivity index (χ2n) is 7.68. The number of fused-ring (bicyclic) bond motifs is 2. The van der Waals surface area contributed by atoms with Gasteiger partial charge in [0, 0.05) is 22.7 Å². The van der Waals surface area contributed by atoms with E-state index in [0.717, 1.165) is 0 Å². The molecule has 170 valence electrons. The van der Waals surface area contributed by atoms with E-state index in [-0.39, 0.29) is 18.2 Å². The van der Waals surface area contributed by atoms with Crippen LogP contribution in [0.4, 0.5) is 10.1 Å². The minimum absolute atomic E-state index is 0.126. The van der Waals surface area contributed by atoms with Crippen LogP contribution >= 0.6 is 0 Å². The van der Waals surface area contributed by atoms with Gasteiger partial charge in [0.2, 0.25) is 6.79 Å². The van der Waals surface area contributed by atoms with Crippen LogP contribution in [-0.4, -0.2) is 29.8 Å². The number of halogens is 1. The Morgan fingerprint density at radius 1 is 1.00 bits per heavy atom. The number of amides is 1. The standard InChI is InChI=1S/C26H19FN2O5/c1-15(25(30)28-18-10-11-23-24(12-18)33-14-32-23)34-26(31)20-13-22(16-6-8-17(27)9-7-16)29-21-5-3-2-4-19(20)21/h2-13,15H,14H2,1H3,(H,28,30). The molecule has 1 amide bonds. The number of esters is 1. The molecule has 3 aromatic carbocycles. The van der Waals surface area contributed by atoms with Gasteiger partial charge in [-0.3, -0.25) is 4.79 Å². The third-order valence-corrected chi connectivity index (χ3v) is 5.37. The molecule has 1 aliphatic rings. The van der Waals surface area contributed by atoms with Crippen LogP contribution in [0.1, 0.15) is 17.3 Å². The fourth-order valence-electron chi connectivity index (χ4n) is 3.61. The quantitative estimate of drug-likeness (QED) is 0.426. The number of nitrogens with zero attached hydrogens (tertiary/aromatic N) is 1. The monoisotopic (exact) mass is 458 g/mol. The van der Waals surface area contributed by atoms with Crippen LogP contribution in [0.3, 0.4) is 0 Å². The van der Waals surface area contributed by atoms with E-state index in [9.17, 15) is 14.0 Å². The molecule has 0 radical (unpaired) electrons. The topological polar surface area (TPSA) is 86.8 Å². The van der Waals surface area contributed by atoms with E-state index in [1.54, 1.807) is 60.7 Å². The van der Waals surface area contributed by atoms with Crippen LogP contribution in [0.5, 0.6) is 11.5 Å². The molecular weight excluding hydrogens is 439 g/mol. The second-order valence-corrected chi connectivity index (χ2v) is 7.68. The first-order chi connectivity index (χ1) is 16.5. The van der Waals surface area contributed by atoms with Gasteiger partial charge in [-0.05, 0) is 55.5 Å². The van der Waals surface area contributed by atoms with Gasteiger partial charge in [-0.2, -0.15) is 0 Å². The van der Waals surface area contributed by atoms with Gasteiger partial charge < -0.3 is 19.5 Å². The van der Waals surface area contributed by atoms with Crippen LogP contribution in [0.25, 0.3) is 22.2 Å². The Morgan fingerprint density at radius 3 is 2.59 bits per heavy atom. The second kappa shape index (κ2) is 8.82. The first-order valence-corrected chi connectivity index (χ1v) is 10.5. The molecule has 0 saturated carbocycles. The molecule has 1 atom stereocenters. The molecule has 34 heavy (non-hydrogen) atoms. The maximum absolute atomic E-state index is 13.4. The highest BCUT2D eigenvalue weighted by molar-refractivity contribution is 6.06. The Kier molecular flexibility index (Phi) is 5.55. The van der Waals surface area contributed by atoms with Crippen molar-refractivity contribution in [2.75, 3.05) is 12.1 Å². The molecule has 4 aromatic rings. The average Bonchev–Trinajstić information content (AvgIpc) is 3.31. The number of ether oxygens (including phenoxy) is 3. The molecule has 1 aromatic heterocycles. The number of carbonyl (C=O) groups is 2. The van der Waals surface area contributed by atoms with Crippen molar-refractivity contribution in [2.24, 2.45) is 0 Å². The van der Waals surface area contributed by atoms with Gasteiger partial charge in [-0.15, -0.1) is 0 Å². The van der Waals surface area contributed by atoms with E-state index < -0.39 is 18.0 Å². The zero-order valence-corrected chi connectivity index (χ0v) is 18.1. The Morgan fingerprint density at radius 2 is 1.76 bits per heavy atom. The molecule has 5 rings (SSSR count). The Balaban J connectivity index is 1.38. The SMILES string of the molecule is CC(OC(=O)c1cc(-c2ccc(F)cc2)nc2ccccc12)C(=O)Nc1ccc2c(c1)OCO2. The van der Waals surface area contributed by atoms with E-state index in [0.29, 0.717) is 39.3 Å². The zero-order valence-electron chi connectivity index (χ0n) is 18.1. The molecule has 0 fully saturated rings. The van der Waals surface area contributed by atoms with Crippen molar-refractivity contribution in [3.63, 3.8) is 0 Å². The number of hydrogen-bond donors (Lipinski definition) is 1. The van der Waals surface area contributed by atoms with Crippen molar-refractivity contribution in [1.82, 2.24) is 4.98 Å². The van der Waals surface area contributed by atoms with Crippen LogP contribution < -0.4 is 14.8 Å². The maximum Gasteiger partial charge on any atom is 0.339 e. The van der Waals surface area contributed by atoms with Crippen LogP contribution in [0.2, 0.25) is 0 Å². The van der Waals surface area contributed by atoms with E-state index >= 15 is 0 Å². The Hall–Kier alpha value is -4.46. The molecule has 1 N–H and O–H groups in total. The normalized spacial score (nSPS) is 12.9. The summed E-state index contributed by atoms with van der Waals surface area (Å²) >= 11 is 0. The summed E-state index contributed by atoms with van der Waals surface area (Å²) < 4.78 is 29.4. The molecule has 8 heteroatoms. The highest BCUT2D eigenvalue weighted by atomic mass is 19.1. The van der Waals surface area contributed by atoms with Crippen LogP contribution in [-0.2, 0) is 9.53 Å². The Labute approximate surface area is 194 Å². The maximum atomic E-state index is 13.4. The van der Waals surface area contributed by atoms with Gasteiger partial charge in [0.15, 0.2) is 17.6 Å². The van der Waals surface area contributed by atoms with Crippen molar-refractivity contribution in [2.45, 2.75) is 13.0 Å². The van der Waals surface area contributed by atoms with E-state index in [4.69, 9.17) is 14.2 Å². The molecule has 0 spiro atoms. The minimum Gasteiger partial charge on any atom is -0.454 e. The fourth-order valence-corrected chi connectivity index (χ4v) is 3.61. The summed E-state index contributed by atoms with van der Waals surface area (Å²) in [5.74, 6) is -0.413. The summed E-state index contributed by atoms with van der Waals surface area (Å²) in [5.41, 5.74) is 2.46. The molecule has 0 saturated heterocycles. The van der Waals surface area contributed by atoms with Gasteiger partial charge in [0.1, 0.15) is 5.82 Å². The molecular formula is C26H19FN2O5. The number of pyridine rings is 1. The van der Waals surface area contributed by atoms with Crippen LogP contribution in [0, 0.1) is 5.82 Å². The van der Waals surface area contributed by atoms with Crippen LogP contribution in [0.15, 0.2) is 72.8 Å². The lowest BCUT2D eigenvalue weighted by Gasteiger charge is -2.15. The number of carbonyl (C=O) groups excluding carboxylic acids is 2. The number of para-hydroxylation sites is 1. The van der Waals surface area contributed by atoms with Gasteiger partial charge in [-0.1, -0.05) is 18.2 Å². The lowest BCUT2D eigenvalue weighted by molar-refractivity contribution is -0.123. The highest BCUT2D eigenvalue weighted by Crippen LogP contribution is 2.34. The fraction of sp³-hybridized carbons (Fsp3) is 0.115. The summed E-state index contributed by atoms with van der Waals surface area (Å²) in [7, 11) is 0. The summed E-state index contributed by atoms with van der Waals surface area (Å²) in [6.45, 7) is 1.62. The first-order valence-electron chi connectivity index (χ1n) is 10.5. The van der Waals surface area contributed by atoms with E-state index in [1.807, 2.05) is 0 Å². The number of rotatable bonds is 5. The summed E-state index contributed by atoms with van der Waals surface area (Å²) in [6.07, 6.45) is -1.07. The van der Waals surface area contributed by atoms with Crippen molar-refractivity contribution < 1.29 is 28.2 Å². The first kappa shape index (κ1) is 21.4. The molecule has 0 bridgehead atoms. The predicted octanol–water partition coefficient (Wildman–Crippen LogP) is 4.95. The Bertz CT molecular complexity index is 1400. The van der Waals surface area contributed by atoms with Gasteiger partial charge in [0.05, 0.1) is 16.8 Å². The number of aromatic nitrogens is 1. The molecule has 1 aliphatic heterocycles. The smallest absolute Gasteiger partial charge is 0.339 e. The summed E-state index contributed by atoms with van der Waals surface area (Å²) in [4.78, 5) is 30.3. The number of anilines is 1. The number of benzene rings is 3. The van der Waals surface area contributed by atoms with E-state index in [1.165, 1.54) is 19.1 Å². The summed E-state index contributed by atoms with van der Waals surface area (Å²) in [6, 6.07) is 19.5. The van der Waals surface area contributed by atoms with Gasteiger partial charge in [0.25, 0.3) is 5.91 Å². The largest absolute Gasteiger partial charge is 0.454 e. The molecule has 2 heterocycles. The average molecular weight is 458 g/mol. The lowest BCUT2D eigenvalue weighted by atomic mass is 10.0. The third kappa shape index (κ3) is 4.25.